The Bertz CT molecular complexity index is 651. The van der Waals surface area contributed by atoms with E-state index in [0.717, 1.165) is 21.7 Å². The van der Waals surface area contributed by atoms with E-state index >= 15 is 0 Å². The fraction of sp³-hybridized carbons (Fsp3) is 0.278. The van der Waals surface area contributed by atoms with Crippen LogP contribution in [0.4, 0.5) is 0 Å². The number of ketones is 1. The molecule has 0 spiro atoms. The summed E-state index contributed by atoms with van der Waals surface area (Å²) in [6, 6.07) is 13.7. The average Bonchev–Trinajstić information content (AvgIpc) is 2.38. The van der Waals surface area contributed by atoms with Gasteiger partial charge in [-0.15, -0.1) is 0 Å². The third-order valence-electron chi connectivity index (χ3n) is 3.44. The van der Waals surface area contributed by atoms with Crippen LogP contribution < -0.4 is 0 Å². The van der Waals surface area contributed by atoms with E-state index in [1.54, 1.807) is 0 Å². The Morgan fingerprint density at radius 3 is 2.57 bits per heavy atom. The lowest BCUT2D eigenvalue weighted by Gasteiger charge is -2.17. The van der Waals surface area contributed by atoms with Crippen molar-refractivity contribution in [1.82, 2.24) is 4.90 Å². The highest BCUT2D eigenvalue weighted by atomic mass is 35.5. The second-order valence-electron chi connectivity index (χ2n) is 5.54. The topological polar surface area (TPSA) is 20.3 Å². The molecule has 3 heteroatoms. The first-order chi connectivity index (χ1) is 9.95. The third kappa shape index (κ3) is 4.42. The molecule has 0 N–H and O–H groups in total. The minimum absolute atomic E-state index is 0.150. The second kappa shape index (κ2) is 6.88. The highest BCUT2D eigenvalue weighted by molar-refractivity contribution is 6.30. The Hall–Kier alpha value is -1.64. The van der Waals surface area contributed by atoms with Crippen LogP contribution in [0.3, 0.4) is 0 Å². The molecule has 0 radical (unpaired) electrons. The summed E-state index contributed by atoms with van der Waals surface area (Å²) in [5, 5.41) is 0.724. The summed E-state index contributed by atoms with van der Waals surface area (Å²) < 4.78 is 0. The van der Waals surface area contributed by atoms with Crippen molar-refractivity contribution >= 4 is 17.4 Å². The Labute approximate surface area is 131 Å². The maximum atomic E-state index is 12.4. The minimum Gasteiger partial charge on any atom is -0.295 e. The normalized spacial score (nSPS) is 10.9. The molecule has 0 saturated carbocycles. The van der Waals surface area contributed by atoms with Gasteiger partial charge in [0.05, 0.1) is 6.54 Å². The Morgan fingerprint density at radius 1 is 1.14 bits per heavy atom. The number of carbonyl (C=O) groups is 1. The maximum Gasteiger partial charge on any atom is 0.177 e. The summed E-state index contributed by atoms with van der Waals surface area (Å²) in [6.45, 7) is 5.12. The number of halogens is 1. The van der Waals surface area contributed by atoms with Crippen LogP contribution in [0.15, 0.2) is 42.5 Å². The van der Waals surface area contributed by atoms with Gasteiger partial charge in [-0.1, -0.05) is 47.5 Å². The molecule has 0 aliphatic heterocycles. The number of rotatable bonds is 5. The third-order valence-corrected chi connectivity index (χ3v) is 3.67. The largest absolute Gasteiger partial charge is 0.295 e. The number of likely N-dealkylation sites (N-methyl/N-ethyl adjacent to an activating group) is 1. The lowest BCUT2D eigenvalue weighted by atomic mass is 10.0. The van der Waals surface area contributed by atoms with Crippen molar-refractivity contribution in [3.05, 3.63) is 69.7 Å². The Balaban J connectivity index is 2.02. The number of nitrogens with zero attached hydrogens (tertiary/aromatic N) is 1. The molecule has 2 nitrogen and oxygen atoms in total. The van der Waals surface area contributed by atoms with Gasteiger partial charge in [0.15, 0.2) is 5.78 Å². The van der Waals surface area contributed by atoms with Crippen LogP contribution in [0, 0.1) is 13.8 Å². The van der Waals surface area contributed by atoms with Crippen molar-refractivity contribution in [1.29, 1.82) is 0 Å². The first kappa shape index (κ1) is 15.7. The standard InChI is InChI=1S/C18H20ClNO/c1-13-7-8-17(14(2)9-13)18(21)12-20(3)11-15-5-4-6-16(19)10-15/h4-10H,11-12H2,1-3H3. The van der Waals surface area contributed by atoms with E-state index in [1.807, 2.05) is 68.3 Å². The summed E-state index contributed by atoms with van der Waals surface area (Å²) in [5.74, 6) is 0.150. The van der Waals surface area contributed by atoms with Crippen molar-refractivity contribution in [3.63, 3.8) is 0 Å². The van der Waals surface area contributed by atoms with E-state index in [2.05, 4.69) is 0 Å². The van der Waals surface area contributed by atoms with E-state index in [-0.39, 0.29) is 5.78 Å². The summed E-state index contributed by atoms with van der Waals surface area (Å²) in [7, 11) is 1.95. The molecule has 0 fully saturated rings. The van der Waals surface area contributed by atoms with E-state index in [0.29, 0.717) is 13.1 Å². The summed E-state index contributed by atoms with van der Waals surface area (Å²) in [6.07, 6.45) is 0. The van der Waals surface area contributed by atoms with Gasteiger partial charge in [-0.3, -0.25) is 9.69 Å². The molecule has 0 heterocycles. The molecule has 0 aromatic heterocycles. The molecule has 0 bridgehead atoms. The number of hydrogen-bond acceptors (Lipinski definition) is 2. The number of Topliss-reactive ketones (excluding diaryl/α,β-unsaturated/α-hetero) is 1. The van der Waals surface area contributed by atoms with E-state index in [9.17, 15) is 4.79 Å². The molecule has 0 atom stereocenters. The van der Waals surface area contributed by atoms with Gasteiger partial charge in [0.1, 0.15) is 0 Å². The molecule has 0 aliphatic rings. The van der Waals surface area contributed by atoms with E-state index in [1.165, 1.54) is 5.56 Å². The smallest absolute Gasteiger partial charge is 0.177 e. The van der Waals surface area contributed by atoms with Gasteiger partial charge >= 0.3 is 0 Å². The van der Waals surface area contributed by atoms with Gasteiger partial charge in [-0.05, 0) is 44.2 Å². The second-order valence-corrected chi connectivity index (χ2v) is 5.98. The number of aryl methyl sites for hydroxylation is 2. The predicted octanol–water partition coefficient (Wildman–Crippen LogP) is 4.27. The molecule has 2 aromatic rings. The molecule has 0 aliphatic carbocycles. The fourth-order valence-corrected chi connectivity index (χ4v) is 2.67. The minimum atomic E-state index is 0.150. The van der Waals surface area contributed by atoms with Crippen LogP contribution in [0.1, 0.15) is 27.0 Å². The van der Waals surface area contributed by atoms with Crippen molar-refractivity contribution in [2.45, 2.75) is 20.4 Å². The van der Waals surface area contributed by atoms with Crippen molar-refractivity contribution in [3.8, 4) is 0 Å². The van der Waals surface area contributed by atoms with Gasteiger partial charge in [0.2, 0.25) is 0 Å². The SMILES string of the molecule is Cc1ccc(C(=O)CN(C)Cc2cccc(Cl)c2)c(C)c1. The van der Waals surface area contributed by atoms with Crippen molar-refractivity contribution in [2.24, 2.45) is 0 Å². The highest BCUT2D eigenvalue weighted by Gasteiger charge is 2.12. The van der Waals surface area contributed by atoms with Gasteiger partial charge in [0, 0.05) is 17.1 Å². The monoisotopic (exact) mass is 301 g/mol. The zero-order valence-electron chi connectivity index (χ0n) is 12.7. The first-order valence-corrected chi connectivity index (χ1v) is 7.37. The van der Waals surface area contributed by atoms with Gasteiger partial charge in [0.25, 0.3) is 0 Å². The molecule has 110 valence electrons. The lowest BCUT2D eigenvalue weighted by Crippen LogP contribution is -2.26. The van der Waals surface area contributed by atoms with Gasteiger partial charge in [-0.2, -0.15) is 0 Å². The molecule has 2 aromatic carbocycles. The predicted molar refractivity (Wildman–Crippen MR) is 88.0 cm³/mol. The van der Waals surface area contributed by atoms with Crippen LogP contribution >= 0.6 is 11.6 Å². The molecular weight excluding hydrogens is 282 g/mol. The molecule has 21 heavy (non-hydrogen) atoms. The van der Waals surface area contributed by atoms with Crippen molar-refractivity contribution in [2.75, 3.05) is 13.6 Å². The Kier molecular flexibility index (Phi) is 5.16. The highest BCUT2D eigenvalue weighted by Crippen LogP contribution is 2.14. The zero-order chi connectivity index (χ0) is 15.4. The van der Waals surface area contributed by atoms with E-state index < -0.39 is 0 Å². The zero-order valence-corrected chi connectivity index (χ0v) is 13.4. The number of carbonyl (C=O) groups excluding carboxylic acids is 1. The van der Waals surface area contributed by atoms with Crippen LogP contribution in [-0.4, -0.2) is 24.3 Å². The number of benzene rings is 2. The molecule has 0 unspecified atom stereocenters. The van der Waals surface area contributed by atoms with Crippen molar-refractivity contribution < 1.29 is 4.79 Å². The first-order valence-electron chi connectivity index (χ1n) is 6.99. The number of hydrogen-bond donors (Lipinski definition) is 0. The van der Waals surface area contributed by atoms with E-state index in [4.69, 9.17) is 11.6 Å². The molecule has 2 rings (SSSR count). The maximum absolute atomic E-state index is 12.4. The summed E-state index contributed by atoms with van der Waals surface area (Å²) >= 11 is 5.98. The quantitative estimate of drug-likeness (QED) is 0.769. The Morgan fingerprint density at radius 2 is 1.90 bits per heavy atom. The van der Waals surface area contributed by atoms with Gasteiger partial charge < -0.3 is 0 Å². The van der Waals surface area contributed by atoms with Crippen LogP contribution in [0.5, 0.6) is 0 Å². The van der Waals surface area contributed by atoms with Crippen LogP contribution in [0.25, 0.3) is 0 Å². The lowest BCUT2D eigenvalue weighted by molar-refractivity contribution is 0.0942. The summed E-state index contributed by atoms with van der Waals surface area (Å²) in [4.78, 5) is 14.4. The molecule has 0 amide bonds. The van der Waals surface area contributed by atoms with Gasteiger partial charge in [-0.25, -0.2) is 0 Å². The summed E-state index contributed by atoms with van der Waals surface area (Å²) in [5.41, 5.74) is 4.13. The average molecular weight is 302 g/mol. The fourth-order valence-electron chi connectivity index (χ4n) is 2.46. The molecular formula is C18H20ClNO. The van der Waals surface area contributed by atoms with Crippen LogP contribution in [-0.2, 0) is 6.54 Å². The van der Waals surface area contributed by atoms with Crippen LogP contribution in [0.2, 0.25) is 5.02 Å². The molecule has 0 saturated heterocycles.